The van der Waals surface area contributed by atoms with Gasteiger partial charge in [-0.25, -0.2) is 0 Å². The van der Waals surface area contributed by atoms with E-state index in [1.54, 1.807) is 30.0 Å². The molecule has 21 heavy (non-hydrogen) atoms. The van der Waals surface area contributed by atoms with E-state index in [1.807, 2.05) is 24.3 Å². The molecule has 0 bridgehead atoms. The average molecular weight is 287 g/mol. The molecule has 0 atom stereocenters. The average Bonchev–Trinajstić information content (AvgIpc) is 2.48. The summed E-state index contributed by atoms with van der Waals surface area (Å²) >= 11 is 0. The van der Waals surface area contributed by atoms with Crippen LogP contribution in [0.5, 0.6) is 5.75 Å². The van der Waals surface area contributed by atoms with Crippen LogP contribution >= 0.6 is 0 Å². The van der Waals surface area contributed by atoms with E-state index >= 15 is 0 Å². The van der Waals surface area contributed by atoms with E-state index in [9.17, 15) is 9.59 Å². The zero-order chi connectivity index (χ0) is 15.2. The number of rotatable bonds is 6. The first kappa shape index (κ1) is 14.8. The van der Waals surface area contributed by atoms with Crippen LogP contribution in [0.4, 0.5) is 0 Å². The summed E-state index contributed by atoms with van der Waals surface area (Å²) in [6.07, 6.45) is 1.90. The normalized spacial score (nSPS) is 10.3. The lowest BCUT2D eigenvalue weighted by Crippen LogP contribution is -2.23. The van der Waals surface area contributed by atoms with Crippen molar-refractivity contribution in [2.45, 2.75) is 19.4 Å². The predicted molar refractivity (Wildman–Crippen MR) is 78.8 cm³/mol. The molecule has 2 rings (SSSR count). The molecule has 5 nitrogen and oxygen atoms in total. The van der Waals surface area contributed by atoms with Gasteiger partial charge < -0.3 is 14.4 Å². The molecule has 1 aromatic heterocycles. The number of aryl methyl sites for hydroxylation is 1. The van der Waals surface area contributed by atoms with Crippen molar-refractivity contribution in [1.82, 2.24) is 4.57 Å². The van der Waals surface area contributed by atoms with Gasteiger partial charge in [0.05, 0.1) is 13.7 Å². The third kappa shape index (κ3) is 3.95. The summed E-state index contributed by atoms with van der Waals surface area (Å²) in [7, 11) is 1.60. The van der Waals surface area contributed by atoms with Gasteiger partial charge in [0, 0.05) is 18.2 Å². The van der Waals surface area contributed by atoms with Gasteiger partial charge in [-0.2, -0.15) is 0 Å². The van der Waals surface area contributed by atoms with Crippen molar-refractivity contribution in [3.8, 4) is 5.75 Å². The van der Waals surface area contributed by atoms with Gasteiger partial charge in [-0.15, -0.1) is 0 Å². The molecule has 2 aromatic rings. The zero-order valence-corrected chi connectivity index (χ0v) is 11.8. The van der Waals surface area contributed by atoms with Crippen LogP contribution in [0.25, 0.3) is 0 Å². The topological polar surface area (TPSA) is 68.5 Å². The Labute approximate surface area is 122 Å². The number of methoxy groups -OCH3 is 1. The number of ether oxygens (including phenoxy) is 1. The van der Waals surface area contributed by atoms with Gasteiger partial charge in [-0.3, -0.25) is 9.59 Å². The fourth-order valence-electron chi connectivity index (χ4n) is 2.11. The molecule has 0 aliphatic heterocycles. The Balaban J connectivity index is 2.22. The van der Waals surface area contributed by atoms with Crippen LogP contribution in [0.2, 0.25) is 0 Å². The summed E-state index contributed by atoms with van der Waals surface area (Å²) in [5.74, 6) is -0.167. The molecule has 0 unspecified atom stereocenters. The number of hydrogen-bond donors (Lipinski definition) is 1. The molecule has 0 aliphatic rings. The Morgan fingerprint density at radius 3 is 2.81 bits per heavy atom. The first-order chi connectivity index (χ1) is 10.1. The summed E-state index contributed by atoms with van der Waals surface area (Å²) in [6.45, 7) is 0.428. The van der Waals surface area contributed by atoms with Gasteiger partial charge in [0.1, 0.15) is 5.75 Å². The Morgan fingerprint density at radius 2 is 2.10 bits per heavy atom. The molecule has 0 saturated heterocycles. The molecule has 1 aromatic carbocycles. The van der Waals surface area contributed by atoms with Crippen LogP contribution in [0.1, 0.15) is 17.5 Å². The number of benzene rings is 1. The van der Waals surface area contributed by atoms with E-state index in [4.69, 9.17) is 9.84 Å². The van der Waals surface area contributed by atoms with Crippen molar-refractivity contribution in [1.29, 1.82) is 0 Å². The van der Waals surface area contributed by atoms with E-state index in [0.717, 1.165) is 11.3 Å². The van der Waals surface area contributed by atoms with Crippen molar-refractivity contribution >= 4 is 5.97 Å². The minimum absolute atomic E-state index is 0.0432. The number of aliphatic carboxylic acids is 1. The lowest BCUT2D eigenvalue weighted by molar-refractivity contribution is -0.136. The van der Waals surface area contributed by atoms with Gasteiger partial charge in [0.15, 0.2) is 0 Å². The quantitative estimate of drug-likeness (QED) is 0.881. The molecule has 110 valence electrons. The minimum Gasteiger partial charge on any atom is -0.497 e. The second-order valence-electron chi connectivity index (χ2n) is 4.71. The molecule has 0 radical (unpaired) electrons. The molecule has 1 heterocycles. The van der Waals surface area contributed by atoms with Gasteiger partial charge in [-0.1, -0.05) is 18.2 Å². The van der Waals surface area contributed by atoms with E-state index in [2.05, 4.69) is 0 Å². The highest BCUT2D eigenvalue weighted by atomic mass is 16.5. The predicted octanol–water partition coefficient (Wildman–Crippen LogP) is 1.92. The first-order valence-corrected chi connectivity index (χ1v) is 6.63. The third-order valence-corrected chi connectivity index (χ3v) is 3.19. The monoisotopic (exact) mass is 287 g/mol. The summed E-state index contributed by atoms with van der Waals surface area (Å²) in [5.41, 5.74) is 1.32. The SMILES string of the molecule is COc1cccc(Cn2cccc(CCC(=O)O)c2=O)c1. The molecule has 1 N–H and O–H groups in total. The minimum atomic E-state index is -0.905. The highest BCUT2D eigenvalue weighted by molar-refractivity contribution is 5.67. The van der Waals surface area contributed by atoms with E-state index < -0.39 is 5.97 Å². The maximum atomic E-state index is 12.3. The smallest absolute Gasteiger partial charge is 0.303 e. The molecule has 0 aliphatic carbocycles. The number of nitrogens with zero attached hydrogens (tertiary/aromatic N) is 1. The van der Waals surface area contributed by atoms with Crippen LogP contribution in [0.3, 0.4) is 0 Å². The number of carbonyl (C=O) groups is 1. The molecule has 0 fully saturated rings. The van der Waals surface area contributed by atoms with Crippen molar-refractivity contribution < 1.29 is 14.6 Å². The summed E-state index contributed by atoms with van der Waals surface area (Å²) in [4.78, 5) is 22.9. The molecule has 0 saturated carbocycles. The van der Waals surface area contributed by atoms with Crippen LogP contribution in [0.15, 0.2) is 47.4 Å². The number of carboxylic acids is 1. The second kappa shape index (κ2) is 6.74. The Morgan fingerprint density at radius 1 is 1.29 bits per heavy atom. The largest absolute Gasteiger partial charge is 0.497 e. The van der Waals surface area contributed by atoms with Crippen molar-refractivity contribution in [2.75, 3.05) is 7.11 Å². The van der Waals surface area contributed by atoms with Crippen LogP contribution < -0.4 is 10.3 Å². The van der Waals surface area contributed by atoms with Crippen molar-refractivity contribution in [3.05, 3.63) is 64.1 Å². The lowest BCUT2D eigenvalue weighted by atomic mass is 10.1. The maximum absolute atomic E-state index is 12.3. The Bertz CT molecular complexity index is 691. The standard InChI is InChI=1S/C16H17NO4/c1-21-14-6-2-4-12(10-14)11-17-9-3-5-13(16(17)20)7-8-15(18)19/h2-6,9-10H,7-8,11H2,1H3,(H,18,19). The zero-order valence-electron chi connectivity index (χ0n) is 11.8. The van der Waals surface area contributed by atoms with Crippen molar-refractivity contribution in [3.63, 3.8) is 0 Å². The fourth-order valence-corrected chi connectivity index (χ4v) is 2.11. The van der Waals surface area contributed by atoms with Crippen LogP contribution in [-0.2, 0) is 17.8 Å². The molecular weight excluding hydrogens is 270 g/mol. The highest BCUT2D eigenvalue weighted by Crippen LogP contribution is 2.13. The van der Waals surface area contributed by atoms with Gasteiger partial charge in [0.2, 0.25) is 0 Å². The van der Waals surface area contributed by atoms with Crippen LogP contribution in [0, 0.1) is 0 Å². The third-order valence-electron chi connectivity index (χ3n) is 3.19. The van der Waals surface area contributed by atoms with E-state index in [0.29, 0.717) is 12.1 Å². The number of carboxylic acid groups (broad SMARTS) is 1. The van der Waals surface area contributed by atoms with Gasteiger partial charge in [-0.05, 0) is 30.2 Å². The van der Waals surface area contributed by atoms with Crippen molar-refractivity contribution in [2.24, 2.45) is 0 Å². The fraction of sp³-hybridized carbons (Fsp3) is 0.250. The van der Waals surface area contributed by atoms with E-state index in [1.165, 1.54) is 0 Å². The van der Waals surface area contributed by atoms with Gasteiger partial charge in [0.25, 0.3) is 5.56 Å². The van der Waals surface area contributed by atoms with E-state index in [-0.39, 0.29) is 18.4 Å². The lowest BCUT2D eigenvalue weighted by Gasteiger charge is -2.09. The molecule has 0 amide bonds. The maximum Gasteiger partial charge on any atom is 0.303 e. The summed E-state index contributed by atoms with van der Waals surface area (Å²) < 4.78 is 6.73. The second-order valence-corrected chi connectivity index (χ2v) is 4.71. The molecule has 0 spiro atoms. The van der Waals surface area contributed by atoms with Crippen LogP contribution in [-0.4, -0.2) is 22.8 Å². The number of aromatic nitrogens is 1. The highest BCUT2D eigenvalue weighted by Gasteiger charge is 2.06. The summed E-state index contributed by atoms with van der Waals surface area (Å²) in [6, 6.07) is 10.9. The Hall–Kier alpha value is -2.56. The Kier molecular flexibility index (Phi) is 4.77. The van der Waals surface area contributed by atoms with Gasteiger partial charge >= 0.3 is 5.97 Å². The molecule has 5 heteroatoms. The molecular formula is C16H17NO4. The number of hydrogen-bond acceptors (Lipinski definition) is 3. The number of pyridine rings is 1. The first-order valence-electron chi connectivity index (χ1n) is 6.63. The summed E-state index contributed by atoms with van der Waals surface area (Å²) in [5, 5.41) is 8.71.